The second kappa shape index (κ2) is 9.94. The molecule has 6 heteroatoms. The van der Waals surface area contributed by atoms with E-state index < -0.39 is 0 Å². The summed E-state index contributed by atoms with van der Waals surface area (Å²) in [4.78, 5) is 11.7. The smallest absolute Gasteiger partial charge is 0.231 e. The molecule has 0 unspecified atom stereocenters. The maximum Gasteiger partial charge on any atom is 0.231 e. The predicted octanol–water partition coefficient (Wildman–Crippen LogP) is 5.21. The van der Waals surface area contributed by atoms with Crippen LogP contribution in [0.3, 0.4) is 0 Å². The lowest BCUT2D eigenvalue weighted by molar-refractivity contribution is 0.292. The minimum atomic E-state index is 0.147. The summed E-state index contributed by atoms with van der Waals surface area (Å²) in [6.07, 6.45) is 8.78. The van der Waals surface area contributed by atoms with E-state index in [1.807, 2.05) is 6.92 Å². The predicted molar refractivity (Wildman–Crippen MR) is 133 cm³/mol. The van der Waals surface area contributed by atoms with Crippen LogP contribution in [0.15, 0.2) is 36.4 Å². The van der Waals surface area contributed by atoms with Crippen LogP contribution in [0.4, 0.5) is 11.8 Å². The summed E-state index contributed by atoms with van der Waals surface area (Å²) in [5.41, 5.74) is 2.52. The van der Waals surface area contributed by atoms with E-state index in [1.54, 1.807) is 0 Å². The number of piperidine rings is 1. The van der Waals surface area contributed by atoms with E-state index in [1.165, 1.54) is 50.5 Å². The van der Waals surface area contributed by atoms with E-state index in [-0.39, 0.29) is 5.41 Å². The molecule has 1 aliphatic heterocycles. The fourth-order valence-electron chi connectivity index (χ4n) is 5.15. The van der Waals surface area contributed by atoms with Crippen molar-refractivity contribution >= 4 is 29.1 Å². The Balaban J connectivity index is 1.42. The molecule has 4 rings (SSSR count). The fourth-order valence-corrected chi connectivity index (χ4v) is 5.31. The average Bonchev–Trinajstić information content (AvgIpc) is 2.79. The molecule has 1 aromatic carbocycles. The fraction of sp³-hybridized carbons (Fsp3) is 0.560. The Hall–Kier alpha value is -2.21. The third kappa shape index (κ3) is 5.53. The highest BCUT2D eigenvalue weighted by atomic mass is 32.1. The van der Waals surface area contributed by atoms with E-state index in [0.717, 1.165) is 31.1 Å². The molecular weight excluding hydrogens is 402 g/mol. The van der Waals surface area contributed by atoms with Crippen molar-refractivity contribution in [3.05, 3.63) is 47.7 Å². The van der Waals surface area contributed by atoms with E-state index in [0.29, 0.717) is 17.0 Å². The monoisotopic (exact) mass is 437 g/mol. The Morgan fingerprint density at radius 2 is 1.90 bits per heavy atom. The van der Waals surface area contributed by atoms with Gasteiger partial charge in [0.2, 0.25) is 5.95 Å². The standard InChI is InChI=1S/C25H35N5S/c1-19-10-9-15-30(17-19)22-16-20(2)27-23(28-22)29-24(31)26-18-25(13-7-4-8-14-25)21-11-5-3-6-12-21/h3,5-6,11-12,16,19H,4,7-10,13-15,17-18H2,1-2H3,(H2,26,27,28,29,31)/t19-/m1/s1. The van der Waals surface area contributed by atoms with Crippen LogP contribution in [0.2, 0.25) is 0 Å². The summed E-state index contributed by atoms with van der Waals surface area (Å²) in [5, 5.41) is 7.35. The minimum absolute atomic E-state index is 0.147. The molecule has 0 bridgehead atoms. The summed E-state index contributed by atoms with van der Waals surface area (Å²) >= 11 is 5.65. The van der Waals surface area contributed by atoms with Crippen molar-refractivity contribution in [1.82, 2.24) is 15.3 Å². The third-order valence-corrected chi connectivity index (χ3v) is 7.08. The van der Waals surface area contributed by atoms with Gasteiger partial charge in [-0.2, -0.15) is 4.98 Å². The number of hydrogen-bond acceptors (Lipinski definition) is 4. The second-order valence-electron chi connectivity index (χ2n) is 9.40. The van der Waals surface area contributed by atoms with Crippen LogP contribution >= 0.6 is 12.2 Å². The number of rotatable bonds is 5. The molecule has 1 saturated carbocycles. The van der Waals surface area contributed by atoms with Crippen molar-refractivity contribution in [2.45, 2.75) is 64.2 Å². The number of hydrogen-bond donors (Lipinski definition) is 2. The van der Waals surface area contributed by atoms with Crippen LogP contribution in [0, 0.1) is 12.8 Å². The zero-order valence-electron chi connectivity index (χ0n) is 18.9. The molecule has 2 fully saturated rings. The van der Waals surface area contributed by atoms with Crippen molar-refractivity contribution < 1.29 is 0 Å². The third-order valence-electron chi connectivity index (χ3n) is 6.83. The Bertz CT molecular complexity index is 879. The zero-order chi connectivity index (χ0) is 21.7. The van der Waals surface area contributed by atoms with Gasteiger partial charge in [-0.25, -0.2) is 4.98 Å². The van der Waals surface area contributed by atoms with Crippen molar-refractivity contribution in [1.29, 1.82) is 0 Å². The quantitative estimate of drug-likeness (QED) is 0.626. The van der Waals surface area contributed by atoms with Gasteiger partial charge in [0.25, 0.3) is 0 Å². The molecule has 31 heavy (non-hydrogen) atoms. The Labute approximate surface area is 192 Å². The van der Waals surface area contributed by atoms with Gasteiger partial charge in [0.15, 0.2) is 5.11 Å². The highest BCUT2D eigenvalue weighted by Crippen LogP contribution is 2.38. The SMILES string of the molecule is Cc1cc(N2CCC[C@@H](C)C2)nc(NC(=S)NCC2(c3ccccc3)CCCCC2)n1. The molecule has 2 aromatic rings. The van der Waals surface area contributed by atoms with Crippen LogP contribution in [0.5, 0.6) is 0 Å². The summed E-state index contributed by atoms with van der Waals surface area (Å²) in [6.45, 7) is 7.28. The molecule has 1 aromatic heterocycles. The summed E-state index contributed by atoms with van der Waals surface area (Å²) in [5.74, 6) is 2.29. The Morgan fingerprint density at radius 1 is 1.13 bits per heavy atom. The van der Waals surface area contributed by atoms with Crippen molar-refractivity contribution in [3.63, 3.8) is 0 Å². The number of nitrogens with one attached hydrogen (secondary N) is 2. The molecule has 2 N–H and O–H groups in total. The van der Waals surface area contributed by atoms with E-state index >= 15 is 0 Å². The molecule has 0 amide bonds. The summed E-state index contributed by atoms with van der Waals surface area (Å²) < 4.78 is 0. The molecule has 0 radical (unpaired) electrons. The maximum atomic E-state index is 5.65. The Morgan fingerprint density at radius 3 is 2.65 bits per heavy atom. The maximum absolute atomic E-state index is 5.65. The van der Waals surface area contributed by atoms with Crippen LogP contribution in [0.1, 0.15) is 63.1 Å². The largest absolute Gasteiger partial charge is 0.361 e. The number of benzene rings is 1. The van der Waals surface area contributed by atoms with Gasteiger partial charge >= 0.3 is 0 Å². The molecule has 2 aliphatic rings. The first-order valence-corrected chi connectivity index (χ1v) is 12.2. The topological polar surface area (TPSA) is 53.1 Å². The van der Waals surface area contributed by atoms with Gasteiger partial charge in [-0.3, -0.25) is 0 Å². The minimum Gasteiger partial charge on any atom is -0.361 e. The van der Waals surface area contributed by atoms with Gasteiger partial charge in [-0.05, 0) is 56.3 Å². The molecule has 1 atom stereocenters. The number of anilines is 2. The zero-order valence-corrected chi connectivity index (χ0v) is 19.7. The van der Waals surface area contributed by atoms with Crippen LogP contribution in [0.25, 0.3) is 0 Å². The van der Waals surface area contributed by atoms with Gasteiger partial charge in [0.05, 0.1) is 0 Å². The van der Waals surface area contributed by atoms with Gasteiger partial charge in [0, 0.05) is 36.8 Å². The van der Waals surface area contributed by atoms with Crippen molar-refractivity contribution in [3.8, 4) is 0 Å². The van der Waals surface area contributed by atoms with Crippen molar-refractivity contribution in [2.24, 2.45) is 5.92 Å². The summed E-state index contributed by atoms with van der Waals surface area (Å²) in [7, 11) is 0. The molecule has 166 valence electrons. The van der Waals surface area contributed by atoms with Gasteiger partial charge in [-0.15, -0.1) is 0 Å². The van der Waals surface area contributed by atoms with E-state index in [9.17, 15) is 0 Å². The first-order chi connectivity index (χ1) is 15.0. The lowest BCUT2D eigenvalue weighted by atomic mass is 9.69. The lowest BCUT2D eigenvalue weighted by Gasteiger charge is -2.38. The number of aromatic nitrogens is 2. The molecule has 1 saturated heterocycles. The van der Waals surface area contributed by atoms with Gasteiger partial charge in [-0.1, -0.05) is 56.5 Å². The highest BCUT2D eigenvalue weighted by Gasteiger charge is 2.33. The molecule has 2 heterocycles. The first-order valence-electron chi connectivity index (χ1n) is 11.8. The first kappa shape index (κ1) is 22.0. The number of thiocarbonyl (C=S) groups is 1. The molecule has 1 aliphatic carbocycles. The molecular formula is C25H35N5S. The van der Waals surface area contributed by atoms with Crippen molar-refractivity contribution in [2.75, 3.05) is 29.9 Å². The van der Waals surface area contributed by atoms with Gasteiger partial charge < -0.3 is 15.5 Å². The van der Waals surface area contributed by atoms with Gasteiger partial charge in [0.1, 0.15) is 5.82 Å². The normalized spacial score (nSPS) is 20.8. The number of aryl methyl sites for hydroxylation is 1. The molecule has 0 spiro atoms. The summed E-state index contributed by atoms with van der Waals surface area (Å²) in [6, 6.07) is 13.0. The lowest BCUT2D eigenvalue weighted by Crippen LogP contribution is -2.43. The number of nitrogens with zero attached hydrogens (tertiary/aromatic N) is 3. The van der Waals surface area contributed by atoms with Crippen LogP contribution < -0.4 is 15.5 Å². The van der Waals surface area contributed by atoms with Crippen LogP contribution in [-0.4, -0.2) is 34.7 Å². The van der Waals surface area contributed by atoms with E-state index in [4.69, 9.17) is 17.2 Å². The second-order valence-corrected chi connectivity index (χ2v) is 9.81. The average molecular weight is 438 g/mol. The molecule has 5 nitrogen and oxygen atoms in total. The van der Waals surface area contributed by atoms with Crippen LogP contribution in [-0.2, 0) is 5.41 Å². The van der Waals surface area contributed by atoms with E-state index in [2.05, 4.69) is 63.8 Å². The Kier molecular flexibility index (Phi) is 7.06. The highest BCUT2D eigenvalue weighted by molar-refractivity contribution is 7.80.